The molecule has 1 N–H and O–H groups in total. The van der Waals surface area contributed by atoms with Crippen molar-refractivity contribution >= 4 is 20.9 Å². The molecule has 0 spiro atoms. The van der Waals surface area contributed by atoms with E-state index >= 15 is 0 Å². The third kappa shape index (κ3) is 4.83. The standard InChI is InChI=1S/C23H18F4N6O3S/c1-12-8-19-15(9-17(12)24)16(10-28)21(33(19)22-29-7-6-20(31-22)36-3)18-5-4-14(11-30-18)37(34,35)32-13(2)23(25,26)27/h4-9,11,13,32H,1-3H3. The topological polar surface area (TPSA) is 123 Å². The van der Waals surface area contributed by atoms with Crippen molar-refractivity contribution in [2.45, 2.75) is 31.0 Å². The molecule has 1 aromatic carbocycles. The number of fused-ring (bicyclic) bond motifs is 1. The highest BCUT2D eigenvalue weighted by molar-refractivity contribution is 7.89. The van der Waals surface area contributed by atoms with Gasteiger partial charge in [0.25, 0.3) is 0 Å². The molecule has 1 unspecified atom stereocenters. The van der Waals surface area contributed by atoms with Crippen LogP contribution in [0.2, 0.25) is 0 Å². The number of rotatable bonds is 6. The number of methoxy groups -OCH3 is 1. The zero-order valence-electron chi connectivity index (χ0n) is 19.5. The highest BCUT2D eigenvalue weighted by Crippen LogP contribution is 2.36. The van der Waals surface area contributed by atoms with E-state index in [2.05, 4.69) is 15.0 Å². The molecule has 4 aromatic rings. The molecule has 0 amide bonds. The van der Waals surface area contributed by atoms with E-state index in [0.29, 0.717) is 12.4 Å². The maximum atomic E-state index is 14.5. The predicted molar refractivity (Wildman–Crippen MR) is 124 cm³/mol. The van der Waals surface area contributed by atoms with Crippen molar-refractivity contribution in [2.75, 3.05) is 7.11 Å². The highest BCUT2D eigenvalue weighted by atomic mass is 32.2. The van der Waals surface area contributed by atoms with Crippen molar-refractivity contribution in [3.8, 4) is 29.3 Å². The van der Waals surface area contributed by atoms with Crippen LogP contribution in [0, 0.1) is 24.1 Å². The minimum absolute atomic E-state index is 0.00671. The van der Waals surface area contributed by atoms with Crippen LogP contribution in [0.25, 0.3) is 28.2 Å². The molecular formula is C23H18F4N6O3S. The average Bonchev–Trinajstić information content (AvgIpc) is 3.16. The van der Waals surface area contributed by atoms with Crippen molar-refractivity contribution < 1.29 is 30.7 Å². The van der Waals surface area contributed by atoms with Gasteiger partial charge in [-0.25, -0.2) is 17.8 Å². The van der Waals surface area contributed by atoms with E-state index < -0.39 is 33.0 Å². The van der Waals surface area contributed by atoms with Gasteiger partial charge in [-0.15, -0.1) is 0 Å². The molecule has 0 aliphatic heterocycles. The number of aromatic nitrogens is 4. The number of sulfonamides is 1. The molecule has 3 aromatic heterocycles. The third-order valence-corrected chi connectivity index (χ3v) is 7.02. The van der Waals surface area contributed by atoms with Crippen molar-refractivity contribution in [2.24, 2.45) is 0 Å². The van der Waals surface area contributed by atoms with Crippen molar-refractivity contribution in [3.05, 3.63) is 59.7 Å². The SMILES string of the molecule is COc1ccnc(-n2c(-c3ccc(S(=O)(=O)NC(C)C(F)(F)F)cn3)c(C#N)c3cc(F)c(C)cc32)n1. The first kappa shape index (κ1) is 26.0. The minimum Gasteiger partial charge on any atom is -0.481 e. The fourth-order valence-corrected chi connectivity index (χ4v) is 4.75. The average molecular weight is 534 g/mol. The van der Waals surface area contributed by atoms with E-state index in [1.807, 2.05) is 6.07 Å². The van der Waals surface area contributed by atoms with E-state index in [1.165, 1.54) is 49.1 Å². The number of nitrogens with zero attached hydrogens (tertiary/aromatic N) is 5. The molecule has 9 nitrogen and oxygen atoms in total. The summed E-state index contributed by atoms with van der Waals surface area (Å²) in [5, 5.41) is 10.2. The van der Waals surface area contributed by atoms with Gasteiger partial charge in [-0.05, 0) is 43.7 Å². The van der Waals surface area contributed by atoms with Crippen molar-refractivity contribution in [1.29, 1.82) is 5.26 Å². The summed E-state index contributed by atoms with van der Waals surface area (Å²) in [6.07, 6.45) is -2.51. The second kappa shape index (κ2) is 9.41. The quantitative estimate of drug-likeness (QED) is 0.371. The number of ether oxygens (including phenoxy) is 1. The molecule has 4 rings (SSSR count). The molecular weight excluding hydrogens is 516 g/mol. The summed E-state index contributed by atoms with van der Waals surface area (Å²) in [4.78, 5) is 12.1. The molecule has 14 heteroatoms. The van der Waals surface area contributed by atoms with Crippen LogP contribution in [0.5, 0.6) is 5.88 Å². The molecule has 192 valence electrons. The van der Waals surface area contributed by atoms with E-state index in [9.17, 15) is 31.2 Å². The highest BCUT2D eigenvalue weighted by Gasteiger charge is 2.39. The Morgan fingerprint density at radius 2 is 1.92 bits per heavy atom. The Kier molecular flexibility index (Phi) is 6.61. The van der Waals surface area contributed by atoms with Crippen LogP contribution in [0.4, 0.5) is 17.6 Å². The molecule has 0 aliphatic carbocycles. The Hall–Kier alpha value is -4.09. The number of nitrogens with one attached hydrogen (secondary N) is 1. The Balaban J connectivity index is 1.93. The normalized spacial score (nSPS) is 12.9. The smallest absolute Gasteiger partial charge is 0.404 e. The zero-order chi connectivity index (χ0) is 27.1. The molecule has 0 saturated carbocycles. The zero-order valence-corrected chi connectivity index (χ0v) is 20.3. The molecule has 0 radical (unpaired) electrons. The summed E-state index contributed by atoms with van der Waals surface area (Å²) in [5.74, 6) is -0.293. The lowest BCUT2D eigenvalue weighted by atomic mass is 10.1. The van der Waals surface area contributed by atoms with Crippen LogP contribution < -0.4 is 9.46 Å². The van der Waals surface area contributed by atoms with Gasteiger partial charge in [0.15, 0.2) is 0 Å². The molecule has 37 heavy (non-hydrogen) atoms. The van der Waals surface area contributed by atoms with Gasteiger partial charge < -0.3 is 4.74 Å². The summed E-state index contributed by atoms with van der Waals surface area (Å²) in [5.41, 5.74) is 0.853. The van der Waals surface area contributed by atoms with E-state index in [-0.39, 0.29) is 39.7 Å². The van der Waals surface area contributed by atoms with Gasteiger partial charge in [0, 0.05) is 23.8 Å². The number of benzene rings is 1. The second-order valence-electron chi connectivity index (χ2n) is 7.95. The maximum Gasteiger partial charge on any atom is 0.404 e. The number of nitriles is 1. The summed E-state index contributed by atoms with van der Waals surface area (Å²) >= 11 is 0. The number of alkyl halides is 3. The minimum atomic E-state index is -4.78. The number of hydrogen-bond donors (Lipinski definition) is 1. The van der Waals surface area contributed by atoms with Crippen LogP contribution >= 0.6 is 0 Å². The lowest BCUT2D eigenvalue weighted by Gasteiger charge is -2.17. The van der Waals surface area contributed by atoms with Gasteiger partial charge in [-0.1, -0.05) is 0 Å². The van der Waals surface area contributed by atoms with Crippen LogP contribution in [-0.2, 0) is 10.0 Å². The third-order valence-electron chi connectivity index (χ3n) is 5.50. The largest absolute Gasteiger partial charge is 0.481 e. The molecule has 0 saturated heterocycles. The summed E-state index contributed by atoms with van der Waals surface area (Å²) in [7, 11) is -3.16. The second-order valence-corrected chi connectivity index (χ2v) is 9.67. The van der Waals surface area contributed by atoms with Gasteiger partial charge in [0.05, 0.1) is 29.6 Å². The maximum absolute atomic E-state index is 14.5. The van der Waals surface area contributed by atoms with Crippen molar-refractivity contribution in [3.63, 3.8) is 0 Å². The summed E-state index contributed by atoms with van der Waals surface area (Å²) < 4.78 is 86.1. The van der Waals surface area contributed by atoms with Crippen molar-refractivity contribution in [1.82, 2.24) is 24.2 Å². The van der Waals surface area contributed by atoms with E-state index in [1.54, 1.807) is 4.72 Å². The number of hydrogen-bond acceptors (Lipinski definition) is 7. The predicted octanol–water partition coefficient (Wildman–Crippen LogP) is 4.04. The van der Waals surface area contributed by atoms with Gasteiger partial charge in [-0.3, -0.25) is 9.55 Å². The van der Waals surface area contributed by atoms with Gasteiger partial charge >= 0.3 is 6.18 Å². The lowest BCUT2D eigenvalue weighted by Crippen LogP contribution is -2.42. The monoisotopic (exact) mass is 534 g/mol. The Labute approximate surface area is 208 Å². The van der Waals surface area contributed by atoms with Crippen LogP contribution in [0.15, 0.2) is 47.6 Å². The molecule has 1 atom stereocenters. The van der Waals surface area contributed by atoms with Gasteiger partial charge in [0.1, 0.15) is 22.8 Å². The fraction of sp³-hybridized carbons (Fsp3) is 0.217. The van der Waals surface area contributed by atoms with Crippen LogP contribution in [-0.4, -0.2) is 47.3 Å². The Morgan fingerprint density at radius 1 is 1.19 bits per heavy atom. The number of aryl methyl sites for hydroxylation is 1. The van der Waals surface area contributed by atoms with E-state index in [0.717, 1.165) is 12.3 Å². The molecule has 0 aliphatic rings. The molecule has 0 fully saturated rings. The summed E-state index contributed by atoms with van der Waals surface area (Å²) in [6, 6.07) is 6.15. The van der Waals surface area contributed by atoms with Gasteiger partial charge in [0.2, 0.25) is 21.9 Å². The van der Waals surface area contributed by atoms with Gasteiger partial charge in [-0.2, -0.15) is 28.1 Å². The Morgan fingerprint density at radius 3 is 2.51 bits per heavy atom. The number of pyridine rings is 1. The van der Waals surface area contributed by atoms with Crippen LogP contribution in [0.1, 0.15) is 18.1 Å². The first-order valence-corrected chi connectivity index (χ1v) is 12.0. The van der Waals surface area contributed by atoms with E-state index in [4.69, 9.17) is 4.74 Å². The number of halogens is 4. The van der Waals surface area contributed by atoms with Crippen LogP contribution in [0.3, 0.4) is 0 Å². The fourth-order valence-electron chi connectivity index (χ4n) is 3.58. The molecule has 3 heterocycles. The first-order chi connectivity index (χ1) is 17.4. The summed E-state index contributed by atoms with van der Waals surface area (Å²) in [6.45, 7) is 2.21. The Bertz CT molecular complexity index is 1640. The lowest BCUT2D eigenvalue weighted by molar-refractivity contribution is -0.147. The molecule has 0 bridgehead atoms. The first-order valence-electron chi connectivity index (χ1n) is 10.5.